The Morgan fingerprint density at radius 1 is 1.28 bits per heavy atom. The van der Waals surface area contributed by atoms with Crippen molar-refractivity contribution in [1.82, 2.24) is 15.0 Å². The number of benzene rings is 1. The van der Waals surface area contributed by atoms with E-state index < -0.39 is 5.60 Å². The van der Waals surface area contributed by atoms with Gasteiger partial charge in [-0.25, -0.2) is 0 Å². The van der Waals surface area contributed by atoms with Crippen LogP contribution in [-0.4, -0.2) is 64.8 Å². The predicted octanol–water partition coefficient (Wildman–Crippen LogP) is 1.37. The molecule has 1 aromatic heterocycles. The second-order valence-electron chi connectivity index (χ2n) is 7.65. The summed E-state index contributed by atoms with van der Waals surface area (Å²) in [6.45, 7) is 8.42. The topological polar surface area (TPSA) is 119 Å². The maximum absolute atomic E-state index is 9.92. The summed E-state index contributed by atoms with van der Waals surface area (Å²) in [6.07, 6.45) is 1.59. The molecule has 9 nitrogen and oxygen atoms in total. The molecule has 9 heteroatoms. The van der Waals surface area contributed by atoms with Gasteiger partial charge in [-0.2, -0.15) is 15.0 Å². The Labute approximate surface area is 170 Å². The van der Waals surface area contributed by atoms with Gasteiger partial charge in [-0.05, 0) is 32.4 Å². The van der Waals surface area contributed by atoms with Gasteiger partial charge in [0.05, 0.1) is 31.6 Å². The molecule has 3 N–H and O–H groups in total. The first kappa shape index (κ1) is 20.9. The lowest BCUT2D eigenvalue weighted by molar-refractivity contribution is 0.0249. The zero-order valence-corrected chi connectivity index (χ0v) is 17.1. The molecule has 0 radical (unpaired) electrons. The summed E-state index contributed by atoms with van der Waals surface area (Å²) in [7, 11) is 0. The van der Waals surface area contributed by atoms with E-state index in [2.05, 4.69) is 19.9 Å². The lowest BCUT2D eigenvalue weighted by Gasteiger charge is -2.27. The van der Waals surface area contributed by atoms with Crippen molar-refractivity contribution in [3.8, 4) is 6.01 Å². The third-order valence-electron chi connectivity index (χ3n) is 4.24. The fraction of sp³-hybridized carbons (Fsp3) is 0.500. The predicted molar refractivity (Wildman–Crippen MR) is 112 cm³/mol. The molecule has 29 heavy (non-hydrogen) atoms. The van der Waals surface area contributed by atoms with Crippen LogP contribution in [0.1, 0.15) is 30.8 Å². The number of ether oxygens (including phenoxy) is 2. The summed E-state index contributed by atoms with van der Waals surface area (Å²) < 4.78 is 11.0. The fourth-order valence-electron chi connectivity index (χ4n) is 2.73. The summed E-state index contributed by atoms with van der Waals surface area (Å²) in [5.41, 5.74) is 7.79. The molecular weight excluding hydrogens is 372 g/mol. The van der Waals surface area contributed by atoms with E-state index in [9.17, 15) is 5.11 Å². The maximum Gasteiger partial charge on any atom is 0.321 e. The van der Waals surface area contributed by atoms with Gasteiger partial charge in [-0.3, -0.25) is 4.99 Å². The smallest absolute Gasteiger partial charge is 0.321 e. The molecular formula is C20H28N6O3. The lowest BCUT2D eigenvalue weighted by Crippen LogP contribution is -2.37. The second-order valence-corrected chi connectivity index (χ2v) is 7.65. The van der Waals surface area contributed by atoms with Crippen molar-refractivity contribution in [3.63, 3.8) is 0 Å². The largest absolute Gasteiger partial charge is 0.460 e. The highest BCUT2D eigenvalue weighted by Gasteiger charge is 2.19. The van der Waals surface area contributed by atoms with Crippen LogP contribution in [0.5, 0.6) is 6.01 Å². The molecule has 1 aliphatic heterocycles. The number of morpholine rings is 1. The van der Waals surface area contributed by atoms with Crippen molar-refractivity contribution < 1.29 is 14.6 Å². The molecule has 0 spiro atoms. The summed E-state index contributed by atoms with van der Waals surface area (Å²) in [5.74, 6) is 0.893. The third kappa shape index (κ3) is 6.37. The van der Waals surface area contributed by atoms with Crippen LogP contribution in [0, 0.1) is 6.92 Å². The van der Waals surface area contributed by atoms with Gasteiger partial charge in [0.15, 0.2) is 5.82 Å². The van der Waals surface area contributed by atoms with Crippen LogP contribution in [-0.2, 0) is 11.3 Å². The standard InChI is InChI=1S/C20H28N6O3/c1-14-4-5-16(21)15(10-14)11-22-12-17-23-18(26-6-8-28-9-7-26)25-19(24-17)29-13-20(2,3)27/h4-5,10,12,27H,6-9,11,13,21H2,1-3H3. The number of nitrogens with zero attached hydrogens (tertiary/aromatic N) is 5. The Hall–Kier alpha value is -2.78. The number of aliphatic imine (C=N–C) groups is 1. The minimum atomic E-state index is -0.997. The van der Waals surface area contributed by atoms with Crippen molar-refractivity contribution in [3.05, 3.63) is 35.2 Å². The molecule has 1 aliphatic rings. The molecule has 0 bridgehead atoms. The molecule has 1 aromatic carbocycles. The summed E-state index contributed by atoms with van der Waals surface area (Å²) in [6, 6.07) is 6.01. The number of hydrogen-bond acceptors (Lipinski definition) is 9. The van der Waals surface area contributed by atoms with Crippen LogP contribution in [0.15, 0.2) is 23.2 Å². The number of aliphatic hydroxyl groups is 1. The summed E-state index contributed by atoms with van der Waals surface area (Å²) in [4.78, 5) is 19.6. The Bertz CT molecular complexity index is 860. The zero-order chi connectivity index (χ0) is 20.9. The normalized spacial score (nSPS) is 15.1. The van der Waals surface area contributed by atoms with Crippen molar-refractivity contribution in [1.29, 1.82) is 0 Å². The van der Waals surface area contributed by atoms with Crippen LogP contribution >= 0.6 is 0 Å². The molecule has 1 saturated heterocycles. The molecule has 156 valence electrons. The Balaban J connectivity index is 1.80. The molecule has 0 saturated carbocycles. The van der Waals surface area contributed by atoms with Gasteiger partial charge in [-0.15, -0.1) is 0 Å². The first-order chi connectivity index (χ1) is 13.8. The monoisotopic (exact) mass is 400 g/mol. The van der Waals surface area contributed by atoms with Crippen LogP contribution in [0.3, 0.4) is 0 Å². The number of hydrogen-bond donors (Lipinski definition) is 2. The SMILES string of the molecule is Cc1ccc(N)c(CN=Cc2nc(OCC(C)(C)O)nc(N3CCOCC3)n2)c1. The Kier molecular flexibility index (Phi) is 6.60. The van der Waals surface area contributed by atoms with Gasteiger partial charge in [0.1, 0.15) is 6.61 Å². The van der Waals surface area contributed by atoms with E-state index >= 15 is 0 Å². The number of rotatable bonds is 7. The fourth-order valence-corrected chi connectivity index (χ4v) is 2.73. The number of aryl methyl sites for hydroxylation is 1. The van der Waals surface area contributed by atoms with E-state index in [4.69, 9.17) is 15.2 Å². The van der Waals surface area contributed by atoms with Gasteiger partial charge in [0.2, 0.25) is 5.95 Å². The first-order valence-corrected chi connectivity index (χ1v) is 9.59. The molecule has 1 fully saturated rings. The third-order valence-corrected chi connectivity index (χ3v) is 4.24. The van der Waals surface area contributed by atoms with E-state index in [0.717, 1.165) is 11.1 Å². The highest BCUT2D eigenvalue weighted by atomic mass is 16.5. The van der Waals surface area contributed by atoms with E-state index in [-0.39, 0.29) is 12.6 Å². The average molecular weight is 400 g/mol. The first-order valence-electron chi connectivity index (χ1n) is 9.59. The Morgan fingerprint density at radius 3 is 2.76 bits per heavy atom. The van der Waals surface area contributed by atoms with Crippen LogP contribution in [0.4, 0.5) is 11.6 Å². The minimum absolute atomic E-state index is 0.0654. The van der Waals surface area contributed by atoms with Crippen LogP contribution in [0.2, 0.25) is 0 Å². The molecule has 0 aliphatic carbocycles. The van der Waals surface area contributed by atoms with Gasteiger partial charge < -0.3 is 25.2 Å². The number of nitrogen functional groups attached to an aromatic ring is 1. The summed E-state index contributed by atoms with van der Waals surface area (Å²) >= 11 is 0. The van der Waals surface area contributed by atoms with Crippen molar-refractivity contribution in [2.24, 2.45) is 4.99 Å². The Morgan fingerprint density at radius 2 is 2.03 bits per heavy atom. The molecule has 2 heterocycles. The number of aromatic nitrogens is 3. The maximum atomic E-state index is 9.92. The minimum Gasteiger partial charge on any atom is -0.460 e. The summed E-state index contributed by atoms with van der Waals surface area (Å²) in [5, 5.41) is 9.92. The highest BCUT2D eigenvalue weighted by Crippen LogP contribution is 2.16. The molecule has 0 atom stereocenters. The molecule has 3 rings (SSSR count). The highest BCUT2D eigenvalue weighted by molar-refractivity contribution is 5.75. The van der Waals surface area contributed by atoms with E-state index in [0.29, 0.717) is 50.3 Å². The quantitative estimate of drug-likeness (QED) is 0.528. The van der Waals surface area contributed by atoms with E-state index in [1.165, 1.54) is 0 Å². The van der Waals surface area contributed by atoms with Gasteiger partial charge in [-0.1, -0.05) is 17.7 Å². The van der Waals surface area contributed by atoms with Gasteiger partial charge in [0, 0.05) is 18.8 Å². The lowest BCUT2D eigenvalue weighted by atomic mass is 10.1. The van der Waals surface area contributed by atoms with Crippen molar-refractivity contribution in [2.75, 3.05) is 43.5 Å². The van der Waals surface area contributed by atoms with Crippen LogP contribution in [0.25, 0.3) is 0 Å². The van der Waals surface area contributed by atoms with E-state index in [1.807, 2.05) is 30.0 Å². The average Bonchev–Trinajstić information content (AvgIpc) is 2.69. The molecule has 0 amide bonds. The van der Waals surface area contributed by atoms with Gasteiger partial charge in [0.25, 0.3) is 0 Å². The zero-order valence-electron chi connectivity index (χ0n) is 17.1. The van der Waals surface area contributed by atoms with Crippen molar-refractivity contribution >= 4 is 17.9 Å². The van der Waals surface area contributed by atoms with Crippen LogP contribution < -0.4 is 15.4 Å². The number of anilines is 2. The number of nitrogens with two attached hydrogens (primary N) is 1. The molecule has 0 unspecified atom stereocenters. The van der Waals surface area contributed by atoms with Crippen molar-refractivity contribution in [2.45, 2.75) is 32.9 Å². The second kappa shape index (κ2) is 9.15. The van der Waals surface area contributed by atoms with Gasteiger partial charge >= 0.3 is 6.01 Å². The van der Waals surface area contributed by atoms with E-state index in [1.54, 1.807) is 20.1 Å². The molecule has 2 aromatic rings.